The molecular formula is C18H30N2O4. The van der Waals surface area contributed by atoms with E-state index in [4.69, 9.17) is 9.47 Å². The molecule has 0 aromatic heterocycles. The minimum Gasteiger partial charge on any atom is -0.379 e. The molecule has 2 heterocycles. The van der Waals surface area contributed by atoms with Crippen molar-refractivity contribution in [3.05, 3.63) is 11.6 Å². The summed E-state index contributed by atoms with van der Waals surface area (Å²) in [5, 5.41) is 3.04. The Morgan fingerprint density at radius 2 is 2.21 bits per heavy atom. The van der Waals surface area contributed by atoms with E-state index in [0.29, 0.717) is 32.8 Å². The van der Waals surface area contributed by atoms with Crippen LogP contribution in [0.25, 0.3) is 0 Å². The molecule has 2 rings (SSSR count). The van der Waals surface area contributed by atoms with Crippen molar-refractivity contribution < 1.29 is 19.1 Å². The largest absolute Gasteiger partial charge is 0.379 e. The Kier molecular flexibility index (Phi) is 7.72. The summed E-state index contributed by atoms with van der Waals surface area (Å²) in [5.74, 6) is -0.0149. The third-order valence-corrected chi connectivity index (χ3v) is 4.46. The van der Waals surface area contributed by atoms with Gasteiger partial charge in [0.1, 0.15) is 6.10 Å². The lowest BCUT2D eigenvalue weighted by atomic mass is 10.1. The number of rotatable bonds is 6. The van der Waals surface area contributed by atoms with E-state index in [2.05, 4.69) is 5.32 Å². The zero-order valence-electron chi connectivity index (χ0n) is 14.9. The third kappa shape index (κ3) is 6.24. The average molecular weight is 338 g/mol. The third-order valence-electron chi connectivity index (χ3n) is 4.46. The highest BCUT2D eigenvalue weighted by Crippen LogP contribution is 2.13. The number of hydrogen-bond donors (Lipinski definition) is 1. The van der Waals surface area contributed by atoms with Gasteiger partial charge < -0.3 is 19.7 Å². The van der Waals surface area contributed by atoms with E-state index in [9.17, 15) is 9.59 Å². The predicted molar refractivity (Wildman–Crippen MR) is 91.6 cm³/mol. The monoisotopic (exact) mass is 338 g/mol. The van der Waals surface area contributed by atoms with Crippen molar-refractivity contribution in [2.75, 3.05) is 32.9 Å². The molecule has 6 heteroatoms. The molecule has 2 aliphatic rings. The normalized spacial score (nSPS) is 25.1. The lowest BCUT2D eigenvalue weighted by molar-refractivity contribution is -0.137. The highest BCUT2D eigenvalue weighted by molar-refractivity contribution is 5.85. The second-order valence-corrected chi connectivity index (χ2v) is 6.82. The maximum absolute atomic E-state index is 12.4. The highest BCUT2D eigenvalue weighted by Gasteiger charge is 2.28. The van der Waals surface area contributed by atoms with Gasteiger partial charge in [0.05, 0.1) is 25.8 Å². The smallest absolute Gasteiger partial charge is 0.239 e. The zero-order chi connectivity index (χ0) is 17.4. The molecule has 0 aromatic carbocycles. The van der Waals surface area contributed by atoms with Gasteiger partial charge in [-0.05, 0) is 33.1 Å². The Hall–Kier alpha value is -1.40. The van der Waals surface area contributed by atoms with Gasteiger partial charge in [0, 0.05) is 19.6 Å². The minimum absolute atomic E-state index is 0.0566. The number of amides is 2. The molecule has 2 fully saturated rings. The van der Waals surface area contributed by atoms with E-state index in [1.165, 1.54) is 5.57 Å². The molecule has 0 unspecified atom stereocenters. The first-order valence-corrected chi connectivity index (χ1v) is 8.96. The minimum atomic E-state index is -0.141. The summed E-state index contributed by atoms with van der Waals surface area (Å²) in [6, 6.07) is -0.0566. The molecule has 6 nitrogen and oxygen atoms in total. The topological polar surface area (TPSA) is 67.9 Å². The van der Waals surface area contributed by atoms with E-state index >= 15 is 0 Å². The van der Waals surface area contributed by atoms with Crippen molar-refractivity contribution in [1.29, 1.82) is 0 Å². The molecule has 0 radical (unpaired) electrons. The maximum atomic E-state index is 12.4. The fourth-order valence-electron chi connectivity index (χ4n) is 3.01. The Morgan fingerprint density at radius 3 is 3.00 bits per heavy atom. The molecule has 0 aromatic rings. The second-order valence-electron chi connectivity index (χ2n) is 6.82. The van der Waals surface area contributed by atoms with Gasteiger partial charge in [-0.3, -0.25) is 9.59 Å². The van der Waals surface area contributed by atoms with Crippen LogP contribution in [0.4, 0.5) is 0 Å². The van der Waals surface area contributed by atoms with Gasteiger partial charge in [0.25, 0.3) is 0 Å². The Bertz CT molecular complexity index is 460. The van der Waals surface area contributed by atoms with Crippen molar-refractivity contribution in [2.45, 2.75) is 58.1 Å². The van der Waals surface area contributed by atoms with Gasteiger partial charge >= 0.3 is 0 Å². The van der Waals surface area contributed by atoms with Crippen LogP contribution in [0.2, 0.25) is 0 Å². The number of allylic oxidation sites excluding steroid dienone is 1. The summed E-state index contributed by atoms with van der Waals surface area (Å²) in [6.07, 6.45) is 6.13. The number of nitrogens with one attached hydrogen (secondary N) is 1. The molecular weight excluding hydrogens is 308 g/mol. The van der Waals surface area contributed by atoms with Gasteiger partial charge in [0.2, 0.25) is 11.8 Å². The van der Waals surface area contributed by atoms with Crippen molar-refractivity contribution >= 4 is 11.8 Å². The molecule has 0 spiro atoms. The summed E-state index contributed by atoms with van der Waals surface area (Å²) < 4.78 is 11.3. The van der Waals surface area contributed by atoms with Crippen LogP contribution in [0.1, 0.15) is 46.0 Å². The lowest BCUT2D eigenvalue weighted by Gasteiger charge is -2.32. The Balaban J connectivity index is 1.83. The lowest BCUT2D eigenvalue weighted by Crippen LogP contribution is -2.52. The Labute approximate surface area is 144 Å². The van der Waals surface area contributed by atoms with E-state index in [-0.39, 0.29) is 30.5 Å². The SMILES string of the molecule is CC(C)=CCO[C@@H]1COCC[C@H]1NC(=O)CN1CCCCCC1=O. The Morgan fingerprint density at radius 1 is 1.38 bits per heavy atom. The van der Waals surface area contributed by atoms with E-state index in [1.807, 2.05) is 19.9 Å². The maximum Gasteiger partial charge on any atom is 0.239 e. The second kappa shape index (κ2) is 9.79. The van der Waals surface area contributed by atoms with Crippen molar-refractivity contribution in [1.82, 2.24) is 10.2 Å². The predicted octanol–water partition coefficient (Wildman–Crippen LogP) is 1.65. The van der Waals surface area contributed by atoms with Crippen LogP contribution in [0.5, 0.6) is 0 Å². The van der Waals surface area contributed by atoms with Crippen LogP contribution in [0.3, 0.4) is 0 Å². The van der Waals surface area contributed by atoms with E-state index in [1.54, 1.807) is 4.90 Å². The number of carbonyl (C=O) groups excluding carboxylic acids is 2. The molecule has 0 aliphatic carbocycles. The van der Waals surface area contributed by atoms with Crippen LogP contribution >= 0.6 is 0 Å². The summed E-state index contributed by atoms with van der Waals surface area (Å²) in [6.45, 7) is 6.52. The summed E-state index contributed by atoms with van der Waals surface area (Å²) in [5.41, 5.74) is 1.20. The summed E-state index contributed by atoms with van der Waals surface area (Å²) in [7, 11) is 0. The summed E-state index contributed by atoms with van der Waals surface area (Å²) in [4.78, 5) is 26.0. The molecule has 2 aliphatic heterocycles. The molecule has 2 saturated heterocycles. The molecule has 1 N–H and O–H groups in total. The van der Waals surface area contributed by atoms with Crippen LogP contribution in [0.15, 0.2) is 11.6 Å². The van der Waals surface area contributed by atoms with Gasteiger partial charge in [-0.25, -0.2) is 0 Å². The highest BCUT2D eigenvalue weighted by atomic mass is 16.5. The number of carbonyl (C=O) groups is 2. The number of ether oxygens (including phenoxy) is 2. The number of nitrogens with zero attached hydrogens (tertiary/aromatic N) is 1. The fraction of sp³-hybridized carbons (Fsp3) is 0.778. The van der Waals surface area contributed by atoms with Crippen molar-refractivity contribution in [2.24, 2.45) is 0 Å². The van der Waals surface area contributed by atoms with Crippen LogP contribution in [-0.2, 0) is 19.1 Å². The first-order valence-electron chi connectivity index (χ1n) is 8.96. The van der Waals surface area contributed by atoms with Crippen LogP contribution in [0, 0.1) is 0 Å². The molecule has 2 amide bonds. The molecule has 2 atom stereocenters. The summed E-state index contributed by atoms with van der Waals surface area (Å²) >= 11 is 0. The van der Waals surface area contributed by atoms with Crippen LogP contribution < -0.4 is 5.32 Å². The fourth-order valence-corrected chi connectivity index (χ4v) is 3.01. The van der Waals surface area contributed by atoms with Crippen LogP contribution in [-0.4, -0.2) is 61.8 Å². The number of likely N-dealkylation sites (tertiary alicyclic amines) is 1. The molecule has 136 valence electrons. The van der Waals surface area contributed by atoms with E-state index < -0.39 is 0 Å². The van der Waals surface area contributed by atoms with Gasteiger partial charge in [-0.2, -0.15) is 0 Å². The zero-order valence-corrected chi connectivity index (χ0v) is 14.9. The number of hydrogen-bond acceptors (Lipinski definition) is 4. The molecule has 0 saturated carbocycles. The first-order chi connectivity index (χ1) is 11.6. The first kappa shape index (κ1) is 18.9. The standard InChI is InChI=1S/C18H30N2O4/c1-14(2)7-11-24-16-13-23-10-8-15(16)19-17(21)12-20-9-5-3-4-6-18(20)22/h7,15-16H,3-6,8-13H2,1-2H3,(H,19,21)/t15-,16-/m1/s1. The van der Waals surface area contributed by atoms with Gasteiger partial charge in [-0.1, -0.05) is 18.1 Å². The quantitative estimate of drug-likeness (QED) is 0.748. The molecule has 24 heavy (non-hydrogen) atoms. The van der Waals surface area contributed by atoms with Crippen molar-refractivity contribution in [3.8, 4) is 0 Å². The molecule has 0 bridgehead atoms. The van der Waals surface area contributed by atoms with Gasteiger partial charge in [0.15, 0.2) is 0 Å². The van der Waals surface area contributed by atoms with E-state index in [0.717, 1.165) is 25.7 Å². The van der Waals surface area contributed by atoms with Crippen molar-refractivity contribution in [3.63, 3.8) is 0 Å². The average Bonchev–Trinajstić information content (AvgIpc) is 2.73. The van der Waals surface area contributed by atoms with Gasteiger partial charge in [-0.15, -0.1) is 0 Å².